The van der Waals surface area contributed by atoms with Gasteiger partial charge >= 0.3 is 0 Å². The number of anilines is 2. The van der Waals surface area contributed by atoms with E-state index in [0.717, 1.165) is 32.4 Å². The van der Waals surface area contributed by atoms with Crippen LogP contribution in [0.2, 0.25) is 5.02 Å². The third-order valence-electron chi connectivity index (χ3n) is 4.58. The summed E-state index contributed by atoms with van der Waals surface area (Å²) >= 11 is 7.63. The number of furan rings is 1. The van der Waals surface area contributed by atoms with Gasteiger partial charge in [0.05, 0.1) is 12.3 Å². The van der Waals surface area contributed by atoms with Gasteiger partial charge in [0, 0.05) is 21.7 Å². The highest BCUT2D eigenvalue weighted by atomic mass is 35.5. The predicted molar refractivity (Wildman–Crippen MR) is 122 cm³/mol. The van der Waals surface area contributed by atoms with Gasteiger partial charge in [-0.1, -0.05) is 23.7 Å². The first-order valence-corrected chi connectivity index (χ1v) is 10.6. The number of amides is 1. The number of aryl methyl sites for hydroxylation is 2. The molecule has 2 N–H and O–H groups in total. The Morgan fingerprint density at radius 2 is 1.93 bits per heavy atom. The fraction of sp³-hybridized carbons (Fsp3) is 0.130. The first-order chi connectivity index (χ1) is 14.5. The molecule has 152 valence electrons. The number of benzene rings is 1. The number of nitrogens with zero attached hydrogens (tertiary/aromatic N) is 1. The summed E-state index contributed by atoms with van der Waals surface area (Å²) in [6.45, 7) is 4.04. The number of carbonyl (C=O) groups excluding carboxylic acids is 1. The molecule has 0 saturated heterocycles. The van der Waals surface area contributed by atoms with Crippen LogP contribution in [0.15, 0.2) is 71.5 Å². The maximum atomic E-state index is 12.6. The second kappa shape index (κ2) is 8.73. The fourth-order valence-electron chi connectivity index (χ4n) is 3.18. The van der Waals surface area contributed by atoms with Gasteiger partial charge in [-0.2, -0.15) is 0 Å². The minimum atomic E-state index is -0.286. The first-order valence-electron chi connectivity index (χ1n) is 9.39. The van der Waals surface area contributed by atoms with Crippen molar-refractivity contribution in [1.29, 1.82) is 0 Å². The minimum Gasteiger partial charge on any atom is -0.459 e. The molecular weight excluding hydrogens is 418 g/mol. The van der Waals surface area contributed by atoms with Gasteiger partial charge in [0.15, 0.2) is 5.76 Å². The lowest BCUT2D eigenvalue weighted by molar-refractivity contribution is 0.0997. The Morgan fingerprint density at radius 3 is 2.63 bits per heavy atom. The summed E-state index contributed by atoms with van der Waals surface area (Å²) in [4.78, 5) is 18.1. The van der Waals surface area contributed by atoms with Crippen molar-refractivity contribution in [1.82, 2.24) is 4.98 Å². The highest BCUT2D eigenvalue weighted by molar-refractivity contribution is 7.16. The number of carbonyl (C=O) groups is 1. The monoisotopic (exact) mass is 437 g/mol. The summed E-state index contributed by atoms with van der Waals surface area (Å²) in [6.07, 6.45) is 3.26. The van der Waals surface area contributed by atoms with E-state index < -0.39 is 0 Å². The molecule has 7 heteroatoms. The normalized spacial score (nSPS) is 11.8. The van der Waals surface area contributed by atoms with Crippen LogP contribution >= 0.6 is 22.9 Å². The van der Waals surface area contributed by atoms with E-state index in [1.807, 2.05) is 50.2 Å². The van der Waals surface area contributed by atoms with Crippen LogP contribution in [0.25, 0.3) is 0 Å². The van der Waals surface area contributed by atoms with Crippen molar-refractivity contribution in [2.45, 2.75) is 19.9 Å². The van der Waals surface area contributed by atoms with Gasteiger partial charge in [-0.3, -0.25) is 4.79 Å². The highest BCUT2D eigenvalue weighted by Crippen LogP contribution is 2.38. The molecule has 5 nitrogen and oxygen atoms in total. The Kier molecular flexibility index (Phi) is 5.88. The van der Waals surface area contributed by atoms with Gasteiger partial charge in [-0.25, -0.2) is 4.98 Å². The van der Waals surface area contributed by atoms with Crippen molar-refractivity contribution in [2.75, 3.05) is 10.6 Å². The molecule has 3 aromatic heterocycles. The summed E-state index contributed by atoms with van der Waals surface area (Å²) in [6, 6.07) is 16.8. The van der Waals surface area contributed by atoms with Crippen LogP contribution < -0.4 is 10.6 Å². The lowest BCUT2D eigenvalue weighted by atomic mass is 10.00. The Morgan fingerprint density at radius 1 is 1.13 bits per heavy atom. The molecule has 1 atom stereocenters. The first kappa shape index (κ1) is 20.2. The summed E-state index contributed by atoms with van der Waals surface area (Å²) < 4.78 is 5.23. The number of nitrogens with one attached hydrogen (secondary N) is 2. The number of thiophene rings is 1. The molecule has 1 amide bonds. The van der Waals surface area contributed by atoms with Gasteiger partial charge < -0.3 is 15.1 Å². The average Bonchev–Trinajstić information content (AvgIpc) is 3.37. The number of hydrogen-bond acceptors (Lipinski definition) is 5. The van der Waals surface area contributed by atoms with Gasteiger partial charge in [-0.05, 0) is 67.4 Å². The highest BCUT2D eigenvalue weighted by Gasteiger charge is 2.23. The van der Waals surface area contributed by atoms with Crippen LogP contribution in [-0.2, 0) is 0 Å². The molecule has 0 radical (unpaired) electrons. The fourth-order valence-corrected chi connectivity index (χ4v) is 4.25. The number of hydrogen-bond donors (Lipinski definition) is 2. The molecule has 0 aliphatic carbocycles. The molecule has 0 aliphatic rings. The van der Waals surface area contributed by atoms with Gasteiger partial charge in [0.25, 0.3) is 5.91 Å². The van der Waals surface area contributed by atoms with Crippen molar-refractivity contribution >= 4 is 39.7 Å². The van der Waals surface area contributed by atoms with E-state index in [0.29, 0.717) is 5.02 Å². The number of halogens is 1. The van der Waals surface area contributed by atoms with E-state index in [1.54, 1.807) is 18.3 Å². The smallest absolute Gasteiger partial charge is 0.291 e. The summed E-state index contributed by atoms with van der Waals surface area (Å²) in [7, 11) is 0. The third kappa shape index (κ3) is 4.56. The van der Waals surface area contributed by atoms with Gasteiger partial charge in [-0.15, -0.1) is 11.3 Å². The SMILES string of the molecule is Cc1ccnc(N[C@@H](c2ccc(Cl)cc2)c2cc(C)sc2NC(=O)c2ccco2)c1. The molecule has 0 spiro atoms. The van der Waals surface area contributed by atoms with E-state index in [1.165, 1.54) is 17.6 Å². The molecule has 3 heterocycles. The molecule has 0 saturated carbocycles. The molecule has 0 bridgehead atoms. The largest absolute Gasteiger partial charge is 0.459 e. The maximum absolute atomic E-state index is 12.6. The lowest BCUT2D eigenvalue weighted by Crippen LogP contribution is -2.17. The zero-order valence-electron chi connectivity index (χ0n) is 16.5. The topological polar surface area (TPSA) is 67.2 Å². The zero-order valence-corrected chi connectivity index (χ0v) is 18.1. The van der Waals surface area contributed by atoms with E-state index in [9.17, 15) is 4.79 Å². The van der Waals surface area contributed by atoms with E-state index >= 15 is 0 Å². The van der Waals surface area contributed by atoms with Crippen LogP contribution in [-0.4, -0.2) is 10.9 Å². The predicted octanol–water partition coefficient (Wildman–Crippen LogP) is 6.46. The van der Waals surface area contributed by atoms with E-state index in [-0.39, 0.29) is 17.7 Å². The van der Waals surface area contributed by atoms with Crippen LogP contribution in [0.3, 0.4) is 0 Å². The number of aromatic nitrogens is 1. The van der Waals surface area contributed by atoms with Crippen LogP contribution in [0.1, 0.15) is 38.2 Å². The van der Waals surface area contributed by atoms with Crippen molar-refractivity contribution in [3.05, 3.63) is 99.4 Å². The second-order valence-electron chi connectivity index (χ2n) is 6.92. The van der Waals surface area contributed by atoms with Gasteiger partial charge in [0.2, 0.25) is 0 Å². The zero-order chi connectivity index (χ0) is 21.1. The second-order valence-corrected chi connectivity index (χ2v) is 8.61. The molecule has 1 aromatic carbocycles. The summed E-state index contributed by atoms with van der Waals surface area (Å²) in [5.41, 5.74) is 3.06. The maximum Gasteiger partial charge on any atom is 0.291 e. The number of pyridine rings is 1. The van der Waals surface area contributed by atoms with Crippen molar-refractivity contribution in [2.24, 2.45) is 0 Å². The Hall–Kier alpha value is -3.09. The Bertz CT molecular complexity index is 1150. The molecule has 0 aliphatic heterocycles. The summed E-state index contributed by atoms with van der Waals surface area (Å²) in [5.74, 6) is 0.733. The summed E-state index contributed by atoms with van der Waals surface area (Å²) in [5, 5.41) is 7.93. The number of rotatable bonds is 6. The molecule has 0 unspecified atom stereocenters. The van der Waals surface area contributed by atoms with Crippen LogP contribution in [0.4, 0.5) is 10.8 Å². The Labute approximate surface area is 183 Å². The van der Waals surface area contributed by atoms with Crippen molar-refractivity contribution in [3.63, 3.8) is 0 Å². The lowest BCUT2D eigenvalue weighted by Gasteiger charge is -2.21. The third-order valence-corrected chi connectivity index (χ3v) is 5.81. The Balaban J connectivity index is 1.73. The molecular formula is C23H20ClN3O2S. The molecule has 30 heavy (non-hydrogen) atoms. The van der Waals surface area contributed by atoms with Crippen molar-refractivity contribution in [3.8, 4) is 0 Å². The van der Waals surface area contributed by atoms with E-state index in [4.69, 9.17) is 16.0 Å². The average molecular weight is 438 g/mol. The van der Waals surface area contributed by atoms with E-state index in [2.05, 4.69) is 21.7 Å². The van der Waals surface area contributed by atoms with Crippen molar-refractivity contribution < 1.29 is 9.21 Å². The molecule has 4 aromatic rings. The van der Waals surface area contributed by atoms with Crippen LogP contribution in [0, 0.1) is 13.8 Å². The minimum absolute atomic E-state index is 0.228. The van der Waals surface area contributed by atoms with Gasteiger partial charge in [0.1, 0.15) is 10.8 Å². The van der Waals surface area contributed by atoms with Crippen LogP contribution in [0.5, 0.6) is 0 Å². The molecule has 4 rings (SSSR count). The quantitative estimate of drug-likeness (QED) is 0.363. The molecule has 0 fully saturated rings. The standard InChI is InChI=1S/C23H20ClN3O2S/c1-14-9-10-25-20(12-14)26-21(16-5-7-17(24)8-6-16)18-13-15(2)30-23(18)27-22(28)19-4-3-11-29-19/h3-13,21H,1-2H3,(H,25,26)(H,27,28)/t21-/m0/s1.